The van der Waals surface area contributed by atoms with Gasteiger partial charge in [-0.3, -0.25) is 28.8 Å². The quantitative estimate of drug-likeness (QED) is 0.0870. The number of ether oxygens (including phenoxy) is 3. The molecule has 1 fully saturated rings. The number of rotatable bonds is 15. The van der Waals surface area contributed by atoms with Crippen LogP contribution in [0.3, 0.4) is 0 Å². The molecule has 11 nitrogen and oxygen atoms in total. The first-order valence-corrected chi connectivity index (χ1v) is 25.0. The summed E-state index contributed by atoms with van der Waals surface area (Å²) in [5.41, 5.74) is 1.83. The van der Waals surface area contributed by atoms with Crippen molar-refractivity contribution >= 4 is 54.0 Å². The lowest BCUT2D eigenvalue weighted by atomic mass is 10.1. The average molecular weight is 761 g/mol. The van der Waals surface area contributed by atoms with Gasteiger partial charge in [0.1, 0.15) is 17.9 Å². The maximum Gasteiger partial charge on any atom is 0.279 e. The summed E-state index contributed by atoms with van der Waals surface area (Å²) in [5, 5.41) is 13.8. The number of nitrogens with zero attached hydrogens (tertiary/aromatic N) is 4. The van der Waals surface area contributed by atoms with Crippen molar-refractivity contribution in [3.05, 3.63) is 55.5 Å². The predicted octanol–water partition coefficient (Wildman–Crippen LogP) is 5.93. The summed E-state index contributed by atoms with van der Waals surface area (Å²) >= 11 is 3.60. The molecule has 14 heteroatoms. The molecule has 1 aliphatic rings. The standard InChI is InChI=1S/C34H50BrN5O6Si2/c1-23-17-25(41)20-38(23)11-12-40-33(42)27-10-8-9-26(30(27)37-40)31-34(43)39(21-44-13-15-47(2,3)4)28-18-24(35)19-29(32(28)36-31)46-22-45-14-16-48(5,6)7/h8-10,18-19,23,25,37,41H,11-17,20-22H2,1-7H3/t23-,25-/m1/s1. The third-order valence-corrected chi connectivity index (χ3v) is 12.7. The molecule has 3 heterocycles. The average Bonchev–Trinajstić information content (AvgIpc) is 3.50. The van der Waals surface area contributed by atoms with Crippen molar-refractivity contribution < 1.29 is 19.3 Å². The highest BCUT2D eigenvalue weighted by molar-refractivity contribution is 9.10. The first-order valence-electron chi connectivity index (χ1n) is 16.8. The number of nitrogens with one attached hydrogen (secondary N) is 1. The largest absolute Gasteiger partial charge is 0.465 e. The van der Waals surface area contributed by atoms with Gasteiger partial charge in [0.2, 0.25) is 0 Å². The van der Waals surface area contributed by atoms with E-state index in [0.717, 1.165) is 23.0 Å². The molecule has 0 amide bonds. The second-order valence-corrected chi connectivity index (χ2v) is 27.5. The second-order valence-electron chi connectivity index (χ2n) is 15.3. The molecule has 5 rings (SSSR count). The first kappa shape index (κ1) is 36.7. The van der Waals surface area contributed by atoms with Crippen LogP contribution in [-0.4, -0.2) is 90.7 Å². The van der Waals surface area contributed by atoms with Crippen LogP contribution in [0.25, 0.3) is 33.2 Å². The van der Waals surface area contributed by atoms with Crippen LogP contribution in [0.15, 0.2) is 44.4 Å². The predicted molar refractivity (Wildman–Crippen MR) is 201 cm³/mol. The van der Waals surface area contributed by atoms with Gasteiger partial charge in [-0.25, -0.2) is 4.98 Å². The second kappa shape index (κ2) is 15.1. The number of hydrogen-bond donors (Lipinski definition) is 2. The molecule has 0 bridgehead atoms. The van der Waals surface area contributed by atoms with Crippen LogP contribution in [0.2, 0.25) is 51.4 Å². The third-order valence-electron chi connectivity index (χ3n) is 8.83. The number of likely N-dealkylation sites (tertiary alicyclic amines) is 1. The zero-order valence-electron chi connectivity index (χ0n) is 29.3. The van der Waals surface area contributed by atoms with E-state index in [1.54, 1.807) is 21.4 Å². The van der Waals surface area contributed by atoms with E-state index in [1.807, 2.05) is 18.2 Å². The molecule has 262 valence electrons. The summed E-state index contributed by atoms with van der Waals surface area (Å²) in [6.45, 7) is 18.7. The van der Waals surface area contributed by atoms with Crippen molar-refractivity contribution in [2.24, 2.45) is 0 Å². The van der Waals surface area contributed by atoms with Crippen LogP contribution in [0.5, 0.6) is 5.75 Å². The number of aliphatic hydroxyl groups excluding tert-OH is 1. The Morgan fingerprint density at radius 3 is 2.38 bits per heavy atom. The maximum absolute atomic E-state index is 14.3. The number of benzene rings is 2. The lowest BCUT2D eigenvalue weighted by Gasteiger charge is -2.20. The normalized spacial score (nSPS) is 17.6. The topological polar surface area (TPSA) is 124 Å². The number of fused-ring (bicyclic) bond motifs is 2. The highest BCUT2D eigenvalue weighted by Gasteiger charge is 2.27. The van der Waals surface area contributed by atoms with Crippen LogP contribution in [0, 0.1) is 0 Å². The number of hydrogen-bond acceptors (Lipinski definition) is 8. The Balaban J connectivity index is 1.55. The number of H-pyrrole nitrogens is 1. The van der Waals surface area contributed by atoms with Gasteiger partial charge in [-0.05, 0) is 43.6 Å². The Morgan fingerprint density at radius 2 is 1.71 bits per heavy atom. The molecule has 0 aliphatic carbocycles. The lowest BCUT2D eigenvalue weighted by molar-refractivity contribution is 0.0228. The van der Waals surface area contributed by atoms with Crippen LogP contribution < -0.4 is 15.9 Å². The van der Waals surface area contributed by atoms with E-state index < -0.39 is 16.1 Å². The zero-order valence-corrected chi connectivity index (χ0v) is 32.9. The van der Waals surface area contributed by atoms with Crippen molar-refractivity contribution in [3.8, 4) is 17.0 Å². The molecule has 0 spiro atoms. The van der Waals surface area contributed by atoms with E-state index in [2.05, 4.69) is 72.1 Å². The Kier molecular flexibility index (Phi) is 11.5. The molecule has 2 N–H and O–H groups in total. The highest BCUT2D eigenvalue weighted by atomic mass is 79.9. The van der Waals surface area contributed by atoms with Gasteiger partial charge >= 0.3 is 0 Å². The van der Waals surface area contributed by atoms with Gasteiger partial charge in [-0.1, -0.05) is 67.3 Å². The first-order chi connectivity index (χ1) is 22.6. The SMILES string of the molecule is C[C@@H]1C[C@@H](O)CN1CCn1[nH]c2c(-c3nc4c(OCOCC[Si](C)(C)C)cc(Br)cc4n(COCC[Si](C)(C)C)c3=O)cccc2c1=O. The van der Waals surface area contributed by atoms with E-state index >= 15 is 0 Å². The van der Waals surface area contributed by atoms with Gasteiger partial charge in [0, 0.05) is 58.5 Å². The van der Waals surface area contributed by atoms with Gasteiger partial charge in [0.15, 0.2) is 12.5 Å². The fourth-order valence-electron chi connectivity index (χ4n) is 5.91. The molecule has 48 heavy (non-hydrogen) atoms. The molecule has 2 aromatic carbocycles. The summed E-state index contributed by atoms with van der Waals surface area (Å²) in [5.74, 6) is 0.477. The third kappa shape index (κ3) is 8.95. The summed E-state index contributed by atoms with van der Waals surface area (Å²) in [6, 6.07) is 11.3. The van der Waals surface area contributed by atoms with Gasteiger partial charge in [0.05, 0.1) is 29.1 Å². The number of aromatic nitrogens is 4. The highest BCUT2D eigenvalue weighted by Crippen LogP contribution is 2.31. The Labute approximate surface area is 292 Å². The van der Waals surface area contributed by atoms with E-state index in [9.17, 15) is 14.7 Å². The van der Waals surface area contributed by atoms with Crippen molar-refractivity contribution in [1.82, 2.24) is 24.2 Å². The Bertz CT molecular complexity index is 1860. The van der Waals surface area contributed by atoms with E-state index in [4.69, 9.17) is 19.2 Å². The minimum Gasteiger partial charge on any atom is -0.465 e. The molecule has 0 saturated carbocycles. The van der Waals surface area contributed by atoms with Gasteiger partial charge in [-0.15, -0.1) is 0 Å². The molecule has 1 aliphatic heterocycles. The van der Waals surface area contributed by atoms with Crippen LogP contribution in [-0.2, 0) is 22.7 Å². The van der Waals surface area contributed by atoms with Gasteiger partial charge in [0.25, 0.3) is 11.1 Å². The number of para-hydroxylation sites is 1. The Morgan fingerprint density at radius 1 is 1.00 bits per heavy atom. The molecule has 1 saturated heterocycles. The van der Waals surface area contributed by atoms with Crippen molar-refractivity contribution in [2.45, 2.75) is 90.1 Å². The minimum absolute atomic E-state index is 0.0469. The molecule has 2 atom stereocenters. The molecule has 0 unspecified atom stereocenters. The fourth-order valence-corrected chi connectivity index (χ4v) is 7.85. The summed E-state index contributed by atoms with van der Waals surface area (Å²) in [7, 11) is -2.61. The van der Waals surface area contributed by atoms with Crippen molar-refractivity contribution in [3.63, 3.8) is 0 Å². The smallest absolute Gasteiger partial charge is 0.279 e. The van der Waals surface area contributed by atoms with E-state index in [-0.39, 0.29) is 42.5 Å². The molecule has 4 aromatic rings. The van der Waals surface area contributed by atoms with Crippen LogP contribution >= 0.6 is 15.9 Å². The number of aliphatic hydroxyl groups is 1. The van der Waals surface area contributed by atoms with Crippen molar-refractivity contribution in [1.29, 1.82) is 0 Å². The molecule has 2 aromatic heterocycles. The summed E-state index contributed by atoms with van der Waals surface area (Å²) < 4.78 is 22.0. The van der Waals surface area contributed by atoms with E-state index in [1.165, 1.54) is 0 Å². The minimum atomic E-state index is -1.35. The fraction of sp³-hybridized carbons (Fsp3) is 0.559. The monoisotopic (exact) mass is 759 g/mol. The summed E-state index contributed by atoms with van der Waals surface area (Å²) in [6.07, 6.45) is 0.373. The van der Waals surface area contributed by atoms with Gasteiger partial charge in [-0.2, -0.15) is 0 Å². The van der Waals surface area contributed by atoms with Crippen LogP contribution in [0.1, 0.15) is 13.3 Å². The zero-order chi connectivity index (χ0) is 34.8. The lowest BCUT2D eigenvalue weighted by Crippen LogP contribution is -2.33. The van der Waals surface area contributed by atoms with Crippen molar-refractivity contribution in [2.75, 3.05) is 33.1 Å². The number of halogens is 1. The van der Waals surface area contributed by atoms with Crippen LogP contribution in [0.4, 0.5) is 0 Å². The summed E-state index contributed by atoms with van der Waals surface area (Å²) in [4.78, 5) is 34.9. The number of β-amino-alcohol motifs (C(OH)–C–C–N with tert-alkyl or cyclic N) is 1. The van der Waals surface area contributed by atoms with E-state index in [0.29, 0.717) is 66.1 Å². The van der Waals surface area contributed by atoms with Gasteiger partial charge < -0.3 is 19.3 Å². The molecular formula is C34H50BrN5O6Si2. The maximum atomic E-state index is 14.3. The molecular weight excluding hydrogens is 710 g/mol. The number of aromatic amines is 1. The molecule has 0 radical (unpaired) electrons. The Hall–Kier alpha value is -2.60.